The van der Waals surface area contributed by atoms with Crippen LogP contribution in [0.5, 0.6) is 0 Å². The van der Waals surface area contributed by atoms with Crippen LogP contribution in [0.25, 0.3) is 11.1 Å². The van der Waals surface area contributed by atoms with Gasteiger partial charge < -0.3 is 10.6 Å². The molecule has 10 nitrogen and oxygen atoms in total. The van der Waals surface area contributed by atoms with E-state index in [1.807, 2.05) is 42.5 Å². The van der Waals surface area contributed by atoms with Crippen molar-refractivity contribution in [2.75, 3.05) is 20.1 Å². The lowest BCUT2D eigenvalue weighted by atomic mass is 10.1. The quantitative estimate of drug-likeness (QED) is 0.102. The van der Waals surface area contributed by atoms with E-state index in [1.165, 1.54) is 48.5 Å². The predicted octanol–water partition coefficient (Wildman–Crippen LogP) is 10.9. The number of carbonyl (C=O) groups excluding carboxylic acids is 2. The fraction of sp³-hybridized carbons (Fsp3) is 0. The Hall–Kier alpha value is -5.62. The molecule has 5 aromatic carbocycles. The van der Waals surface area contributed by atoms with E-state index in [-0.39, 0.29) is 26.2 Å². The Bertz CT molecular complexity index is 2820. The van der Waals surface area contributed by atoms with Crippen LogP contribution in [0.4, 0.5) is 31.5 Å². The molecule has 0 saturated carbocycles. The summed E-state index contributed by atoms with van der Waals surface area (Å²) in [5.41, 5.74) is 3.16. The average Bonchev–Trinajstić information content (AvgIpc) is 3.86. The van der Waals surface area contributed by atoms with E-state index in [1.54, 1.807) is 29.0 Å². The maximum Gasteiger partial charge on any atom is 0.267 e. The highest BCUT2D eigenvalue weighted by Gasteiger charge is 2.24. The normalized spacial score (nSPS) is 11.2. The van der Waals surface area contributed by atoms with E-state index in [9.17, 15) is 35.2 Å². The van der Waals surface area contributed by atoms with E-state index >= 15 is 0 Å². The van der Waals surface area contributed by atoms with Crippen LogP contribution in [0.3, 0.4) is 0 Å². The van der Waals surface area contributed by atoms with Gasteiger partial charge in [0.1, 0.15) is 31.2 Å². The molecule has 2 aromatic heterocycles. The third-order valence-electron chi connectivity index (χ3n) is 7.91. The highest BCUT2D eigenvalue weighted by Crippen LogP contribution is 2.30. The minimum absolute atomic E-state index is 0.0424. The number of halogens is 4. The van der Waals surface area contributed by atoms with Crippen LogP contribution in [0, 0.1) is 11.6 Å². The van der Waals surface area contributed by atoms with Crippen molar-refractivity contribution in [2.24, 2.45) is 0 Å². The Morgan fingerprint density at radius 3 is 1.41 bits per heavy atom. The van der Waals surface area contributed by atoms with Crippen molar-refractivity contribution in [1.29, 1.82) is 0 Å². The first-order valence-electron chi connectivity index (χ1n) is 16.6. The number of carbonyl (C=O) groups is 2. The highest BCUT2D eigenvalue weighted by atomic mass is 35.5. The van der Waals surface area contributed by atoms with Gasteiger partial charge in [0.25, 0.3) is 31.9 Å². The summed E-state index contributed by atoms with van der Waals surface area (Å²) in [7, 11) is -8.37. The van der Waals surface area contributed by atoms with Crippen molar-refractivity contribution in [3.05, 3.63) is 176 Å². The molecular weight excluding hydrogens is 870 g/mol. The third-order valence-corrected chi connectivity index (χ3v) is 13.3. The second kappa shape index (κ2) is 18.3. The van der Waals surface area contributed by atoms with E-state index in [4.69, 9.17) is 23.2 Å². The first kappa shape index (κ1) is 42.0. The van der Waals surface area contributed by atoms with Gasteiger partial charge in [-0.15, -0.1) is 22.7 Å². The van der Waals surface area contributed by atoms with Gasteiger partial charge in [0.05, 0.1) is 21.4 Å². The molecule has 0 atom stereocenters. The predicted molar refractivity (Wildman–Crippen MR) is 227 cm³/mol. The lowest BCUT2D eigenvalue weighted by molar-refractivity contribution is 0.102. The topological polar surface area (TPSA) is 151 Å². The first-order chi connectivity index (χ1) is 27.7. The standard InChI is InChI=1S/C23H17FN2O3S2.C17H11Cl2FN2O3S2/c24-19-8-4-5-9-21(19)31(28,29)26-20-14-15-30-22(20)23(27)25-18-12-10-17(11-13-18)16-6-2-1-3-7-16;18-11-6-5-10(9-12(11)19)21-17(23)16-14(7-8-26-16)22-27(24,25)15-4-2-1-3-13(15)20/h1-15,26H,(H,25,27);1-9,22H,(H,21,23). The molecule has 0 bridgehead atoms. The molecule has 0 radical (unpaired) electrons. The van der Waals surface area contributed by atoms with E-state index in [2.05, 4.69) is 20.1 Å². The summed E-state index contributed by atoms with van der Waals surface area (Å²) in [5.74, 6) is -2.76. The smallest absolute Gasteiger partial charge is 0.267 e. The Kier molecular flexibility index (Phi) is 13.3. The molecule has 0 aliphatic rings. The van der Waals surface area contributed by atoms with Crippen molar-refractivity contribution in [3.63, 3.8) is 0 Å². The van der Waals surface area contributed by atoms with Crippen LogP contribution < -0.4 is 20.1 Å². The zero-order valence-corrected chi connectivity index (χ0v) is 34.2. The first-order valence-corrected chi connectivity index (χ1v) is 22.1. The fourth-order valence-electron chi connectivity index (χ4n) is 5.18. The molecule has 58 heavy (non-hydrogen) atoms. The van der Waals surface area contributed by atoms with Gasteiger partial charge in [-0.3, -0.25) is 19.0 Å². The van der Waals surface area contributed by atoms with Gasteiger partial charge in [0.2, 0.25) is 0 Å². The minimum atomic E-state index is -4.19. The lowest BCUT2D eigenvalue weighted by Gasteiger charge is -2.10. The molecule has 7 rings (SSSR count). The number of thiophene rings is 2. The molecule has 0 aliphatic heterocycles. The van der Waals surface area contributed by atoms with Crippen molar-refractivity contribution in [2.45, 2.75) is 9.79 Å². The molecule has 0 fully saturated rings. The van der Waals surface area contributed by atoms with Crippen molar-refractivity contribution >= 4 is 100 Å². The van der Waals surface area contributed by atoms with Gasteiger partial charge in [0, 0.05) is 11.4 Å². The minimum Gasteiger partial charge on any atom is -0.321 e. The molecule has 296 valence electrons. The van der Waals surface area contributed by atoms with Crippen molar-refractivity contribution < 1.29 is 35.2 Å². The van der Waals surface area contributed by atoms with E-state index in [0.717, 1.165) is 58.1 Å². The van der Waals surface area contributed by atoms with Gasteiger partial charge in [0.15, 0.2) is 0 Å². The number of hydrogen-bond acceptors (Lipinski definition) is 8. The monoisotopic (exact) mass is 896 g/mol. The molecule has 2 heterocycles. The van der Waals surface area contributed by atoms with Crippen LogP contribution in [0.1, 0.15) is 19.3 Å². The maximum absolute atomic E-state index is 13.9. The fourth-order valence-corrected chi connectivity index (χ4v) is 9.40. The largest absolute Gasteiger partial charge is 0.321 e. The lowest BCUT2D eigenvalue weighted by Crippen LogP contribution is -2.18. The number of amides is 2. The summed E-state index contributed by atoms with van der Waals surface area (Å²) in [6, 6.07) is 34.6. The Balaban J connectivity index is 0.000000198. The van der Waals surface area contributed by atoms with Gasteiger partial charge in [-0.25, -0.2) is 25.6 Å². The summed E-state index contributed by atoms with van der Waals surface area (Å²) in [6.07, 6.45) is 0. The molecule has 2 amide bonds. The number of rotatable bonds is 11. The molecule has 0 unspecified atom stereocenters. The number of hydrogen-bond donors (Lipinski definition) is 4. The van der Waals surface area contributed by atoms with Gasteiger partial charge in [-0.05, 0) is 88.6 Å². The highest BCUT2D eigenvalue weighted by molar-refractivity contribution is 7.93. The summed E-state index contributed by atoms with van der Waals surface area (Å²) < 4.78 is 82.2. The third kappa shape index (κ3) is 10.3. The average molecular weight is 898 g/mol. The molecule has 0 spiro atoms. The van der Waals surface area contributed by atoms with Crippen LogP contribution >= 0.6 is 45.9 Å². The summed E-state index contributed by atoms with van der Waals surface area (Å²) in [6.45, 7) is 0. The molecule has 18 heteroatoms. The molecule has 7 aromatic rings. The number of anilines is 4. The summed E-state index contributed by atoms with van der Waals surface area (Å²) in [4.78, 5) is 24.5. The second-order valence-electron chi connectivity index (χ2n) is 11.9. The van der Waals surface area contributed by atoms with Gasteiger partial charge >= 0.3 is 0 Å². The number of benzene rings is 5. The second-order valence-corrected chi connectivity index (χ2v) is 17.8. The summed E-state index contributed by atoms with van der Waals surface area (Å²) >= 11 is 13.9. The number of nitrogens with one attached hydrogen (secondary N) is 4. The van der Waals surface area contributed by atoms with Gasteiger partial charge in [-0.1, -0.05) is 89.9 Å². The van der Waals surface area contributed by atoms with Gasteiger partial charge in [-0.2, -0.15) is 0 Å². The Labute approximate surface area is 350 Å². The maximum atomic E-state index is 13.9. The Morgan fingerprint density at radius 1 is 0.500 bits per heavy atom. The van der Waals surface area contributed by atoms with Crippen molar-refractivity contribution in [3.8, 4) is 11.1 Å². The molecular formula is C40H28Cl2F2N4O6S4. The molecule has 0 aliphatic carbocycles. The van der Waals surface area contributed by atoms with Crippen LogP contribution in [0.2, 0.25) is 10.0 Å². The molecule has 0 saturated heterocycles. The SMILES string of the molecule is O=C(Nc1ccc(-c2ccccc2)cc1)c1sccc1NS(=O)(=O)c1ccccc1F.O=C(Nc1ccc(Cl)c(Cl)c1)c1sccc1NS(=O)(=O)c1ccccc1F. The van der Waals surface area contributed by atoms with Crippen LogP contribution in [0.15, 0.2) is 154 Å². The van der Waals surface area contributed by atoms with Crippen LogP contribution in [-0.2, 0) is 20.0 Å². The van der Waals surface area contributed by atoms with E-state index < -0.39 is 53.3 Å². The molecule has 4 N–H and O–H groups in total. The zero-order chi connectivity index (χ0) is 41.5. The number of sulfonamides is 2. The Morgan fingerprint density at radius 2 is 0.931 bits per heavy atom. The van der Waals surface area contributed by atoms with Crippen LogP contribution in [-0.4, -0.2) is 28.6 Å². The van der Waals surface area contributed by atoms with E-state index in [0.29, 0.717) is 16.4 Å². The summed E-state index contributed by atoms with van der Waals surface area (Å²) in [5, 5.41) is 9.11. The van der Waals surface area contributed by atoms with Crippen molar-refractivity contribution in [1.82, 2.24) is 0 Å². The zero-order valence-electron chi connectivity index (χ0n) is 29.5.